The van der Waals surface area contributed by atoms with Crippen LogP contribution in [0.5, 0.6) is 5.75 Å². The summed E-state index contributed by atoms with van der Waals surface area (Å²) in [7, 11) is 0. The molecule has 6 heteroatoms. The second-order valence-corrected chi connectivity index (χ2v) is 8.70. The Morgan fingerprint density at radius 3 is 2.57 bits per heavy atom. The summed E-state index contributed by atoms with van der Waals surface area (Å²) < 4.78 is 5.81. The number of hydrogen-bond donors (Lipinski definition) is 1. The molecule has 1 aliphatic rings. The molecule has 5 nitrogen and oxygen atoms in total. The van der Waals surface area contributed by atoms with Crippen molar-refractivity contribution in [2.45, 2.75) is 45.9 Å². The first-order chi connectivity index (χ1) is 14.6. The van der Waals surface area contributed by atoms with Crippen molar-refractivity contribution in [2.75, 3.05) is 11.4 Å². The molecule has 30 heavy (non-hydrogen) atoms. The summed E-state index contributed by atoms with van der Waals surface area (Å²) in [5.41, 5.74) is 4.39. The number of thiazole rings is 1. The SMILES string of the molecule is Cc1nc(COc2ccc(CNC(C)c3ccc(N4CCCC4=O)cc3)cc2)cs1. The molecular weight excluding hydrogens is 394 g/mol. The van der Waals surface area contributed by atoms with Crippen LogP contribution in [0, 0.1) is 6.92 Å². The Morgan fingerprint density at radius 1 is 1.17 bits per heavy atom. The standard InChI is InChI=1S/C24H27N3O2S/c1-17(20-7-9-22(10-8-20)27-13-3-4-24(27)28)25-14-19-5-11-23(12-6-19)29-15-21-16-30-18(2)26-21/h5-12,16-17,25H,3-4,13-15H2,1-2H3. The van der Waals surface area contributed by atoms with Crippen molar-refractivity contribution in [3.05, 3.63) is 75.7 Å². The fraction of sp³-hybridized carbons (Fsp3) is 0.333. The molecule has 2 heterocycles. The van der Waals surface area contributed by atoms with E-state index in [-0.39, 0.29) is 11.9 Å². The van der Waals surface area contributed by atoms with Crippen molar-refractivity contribution >= 4 is 22.9 Å². The van der Waals surface area contributed by atoms with Gasteiger partial charge in [0.15, 0.2) is 0 Å². The van der Waals surface area contributed by atoms with Crippen molar-refractivity contribution < 1.29 is 9.53 Å². The van der Waals surface area contributed by atoms with Gasteiger partial charge in [0.2, 0.25) is 5.91 Å². The molecule has 0 radical (unpaired) electrons. The highest BCUT2D eigenvalue weighted by molar-refractivity contribution is 7.09. The quantitative estimate of drug-likeness (QED) is 0.556. The Hall–Kier alpha value is -2.70. The summed E-state index contributed by atoms with van der Waals surface area (Å²) in [6, 6.07) is 16.7. The minimum absolute atomic E-state index is 0.220. The predicted molar refractivity (Wildman–Crippen MR) is 121 cm³/mol. The normalized spacial score (nSPS) is 14.9. The van der Waals surface area contributed by atoms with Gasteiger partial charge >= 0.3 is 0 Å². The molecule has 0 bridgehead atoms. The molecule has 3 aromatic rings. The second-order valence-electron chi connectivity index (χ2n) is 7.63. The van der Waals surface area contributed by atoms with Crippen LogP contribution in [0.1, 0.15) is 47.6 Å². The summed E-state index contributed by atoms with van der Waals surface area (Å²) in [6.07, 6.45) is 1.61. The maximum absolute atomic E-state index is 11.9. The van der Waals surface area contributed by atoms with Crippen molar-refractivity contribution in [3.63, 3.8) is 0 Å². The van der Waals surface area contributed by atoms with E-state index in [0.717, 1.165) is 41.6 Å². The van der Waals surface area contributed by atoms with E-state index >= 15 is 0 Å². The summed E-state index contributed by atoms with van der Waals surface area (Å²) in [5, 5.41) is 6.65. The number of carbonyl (C=O) groups is 1. The van der Waals surface area contributed by atoms with Crippen molar-refractivity contribution in [1.29, 1.82) is 0 Å². The summed E-state index contributed by atoms with van der Waals surface area (Å²) in [5.74, 6) is 1.08. The summed E-state index contributed by atoms with van der Waals surface area (Å²) in [4.78, 5) is 18.2. The smallest absolute Gasteiger partial charge is 0.227 e. The predicted octanol–water partition coefficient (Wildman–Crippen LogP) is 5.01. The Labute approximate surface area is 181 Å². The van der Waals surface area contributed by atoms with Crippen molar-refractivity contribution in [1.82, 2.24) is 10.3 Å². The lowest BCUT2D eigenvalue weighted by Gasteiger charge is -2.18. The first kappa shape index (κ1) is 20.6. The molecule has 1 aliphatic heterocycles. The van der Waals surface area contributed by atoms with Crippen LogP contribution < -0.4 is 15.0 Å². The van der Waals surface area contributed by atoms with Gasteiger partial charge in [-0.1, -0.05) is 24.3 Å². The highest BCUT2D eigenvalue weighted by Crippen LogP contribution is 2.24. The van der Waals surface area contributed by atoms with Gasteiger partial charge in [0.05, 0.1) is 10.7 Å². The third kappa shape index (κ3) is 5.07. The van der Waals surface area contributed by atoms with Gasteiger partial charge in [-0.15, -0.1) is 11.3 Å². The zero-order valence-corrected chi connectivity index (χ0v) is 18.2. The lowest BCUT2D eigenvalue weighted by Crippen LogP contribution is -2.23. The van der Waals surface area contributed by atoms with Crippen LogP contribution in [-0.2, 0) is 17.9 Å². The highest BCUT2D eigenvalue weighted by Gasteiger charge is 2.21. The zero-order chi connectivity index (χ0) is 20.9. The monoisotopic (exact) mass is 421 g/mol. The highest BCUT2D eigenvalue weighted by atomic mass is 32.1. The van der Waals surface area contributed by atoms with E-state index in [4.69, 9.17) is 4.74 Å². The maximum Gasteiger partial charge on any atom is 0.227 e. The van der Waals surface area contributed by atoms with Crippen LogP contribution in [0.3, 0.4) is 0 Å². The zero-order valence-electron chi connectivity index (χ0n) is 17.4. The molecule has 0 saturated carbocycles. The largest absolute Gasteiger partial charge is 0.487 e. The van der Waals surface area contributed by atoms with E-state index in [9.17, 15) is 4.79 Å². The van der Waals surface area contributed by atoms with Gasteiger partial charge in [0.1, 0.15) is 12.4 Å². The molecule has 1 fully saturated rings. The third-order valence-electron chi connectivity index (χ3n) is 5.37. The number of amides is 1. The Kier molecular flexibility index (Phi) is 6.45. The molecule has 1 saturated heterocycles. The van der Waals surface area contributed by atoms with E-state index in [2.05, 4.69) is 41.5 Å². The van der Waals surface area contributed by atoms with Crippen molar-refractivity contribution in [2.24, 2.45) is 0 Å². The lowest BCUT2D eigenvalue weighted by molar-refractivity contribution is -0.117. The molecular formula is C24H27N3O2S. The van der Waals surface area contributed by atoms with Gasteiger partial charge in [0.25, 0.3) is 0 Å². The van der Waals surface area contributed by atoms with E-state index in [1.165, 1.54) is 11.1 Å². The van der Waals surface area contributed by atoms with Gasteiger partial charge in [0, 0.05) is 36.6 Å². The van der Waals surface area contributed by atoms with Crippen LogP contribution in [0.2, 0.25) is 0 Å². The molecule has 0 spiro atoms. The number of ether oxygens (including phenoxy) is 1. The van der Waals surface area contributed by atoms with Crippen LogP contribution in [0.15, 0.2) is 53.9 Å². The molecule has 0 aliphatic carbocycles. The van der Waals surface area contributed by atoms with Crippen molar-refractivity contribution in [3.8, 4) is 5.75 Å². The van der Waals surface area contributed by atoms with Gasteiger partial charge in [-0.2, -0.15) is 0 Å². The number of rotatable bonds is 8. The van der Waals surface area contributed by atoms with Gasteiger partial charge in [-0.25, -0.2) is 4.98 Å². The molecule has 1 unspecified atom stereocenters. The second kappa shape index (κ2) is 9.41. The van der Waals surface area contributed by atoms with Crippen LogP contribution in [-0.4, -0.2) is 17.4 Å². The lowest BCUT2D eigenvalue weighted by atomic mass is 10.1. The third-order valence-corrected chi connectivity index (χ3v) is 6.19. The molecule has 1 aromatic heterocycles. The topological polar surface area (TPSA) is 54.5 Å². The molecule has 1 atom stereocenters. The fourth-order valence-corrected chi connectivity index (χ4v) is 4.19. The number of nitrogens with zero attached hydrogens (tertiary/aromatic N) is 2. The molecule has 156 valence electrons. The molecule has 4 rings (SSSR count). The number of aromatic nitrogens is 1. The van der Waals surface area contributed by atoms with Crippen LogP contribution in [0.25, 0.3) is 0 Å². The number of nitrogens with one attached hydrogen (secondary N) is 1. The van der Waals surface area contributed by atoms with E-state index < -0.39 is 0 Å². The Bertz CT molecular complexity index is 982. The number of anilines is 1. The molecule has 1 amide bonds. The van der Waals surface area contributed by atoms with Crippen LogP contribution >= 0.6 is 11.3 Å². The summed E-state index contributed by atoms with van der Waals surface area (Å²) in [6.45, 7) is 6.26. The molecule has 2 aromatic carbocycles. The van der Waals surface area contributed by atoms with E-state index in [1.54, 1.807) is 11.3 Å². The minimum atomic E-state index is 0.220. The van der Waals surface area contributed by atoms with E-state index in [0.29, 0.717) is 13.0 Å². The Balaban J connectivity index is 1.27. The summed E-state index contributed by atoms with van der Waals surface area (Å²) >= 11 is 1.64. The number of carbonyl (C=O) groups excluding carboxylic acids is 1. The van der Waals surface area contributed by atoms with Crippen LogP contribution in [0.4, 0.5) is 5.69 Å². The van der Waals surface area contributed by atoms with Gasteiger partial charge in [-0.05, 0) is 55.7 Å². The van der Waals surface area contributed by atoms with Gasteiger partial charge < -0.3 is 15.0 Å². The molecule has 1 N–H and O–H groups in total. The maximum atomic E-state index is 11.9. The Morgan fingerprint density at radius 2 is 1.93 bits per heavy atom. The van der Waals surface area contributed by atoms with Gasteiger partial charge in [-0.3, -0.25) is 4.79 Å². The average molecular weight is 422 g/mol. The van der Waals surface area contributed by atoms with E-state index in [1.807, 2.05) is 41.5 Å². The average Bonchev–Trinajstić information content (AvgIpc) is 3.39. The number of benzene rings is 2. The number of aryl methyl sites for hydroxylation is 1. The first-order valence-electron chi connectivity index (χ1n) is 10.3. The first-order valence-corrected chi connectivity index (χ1v) is 11.2. The minimum Gasteiger partial charge on any atom is -0.487 e. The fourth-order valence-electron chi connectivity index (χ4n) is 3.59. The number of hydrogen-bond acceptors (Lipinski definition) is 5.